The maximum atomic E-state index is 13.0. The van der Waals surface area contributed by atoms with Crippen molar-refractivity contribution in [1.29, 1.82) is 0 Å². The molecule has 1 aliphatic rings. The zero-order chi connectivity index (χ0) is 18.1. The molecule has 1 saturated heterocycles. The average Bonchev–Trinajstić information content (AvgIpc) is 2.86. The largest absolute Gasteiger partial charge is 0.478 e. The molecule has 0 radical (unpaired) electrons. The molecule has 1 N–H and O–H groups in total. The van der Waals surface area contributed by atoms with Crippen LogP contribution in [0.1, 0.15) is 56.4 Å². The van der Waals surface area contributed by atoms with Gasteiger partial charge in [-0.3, -0.25) is 9.48 Å². The first-order valence-corrected chi connectivity index (χ1v) is 8.51. The van der Waals surface area contributed by atoms with E-state index in [-0.39, 0.29) is 17.4 Å². The summed E-state index contributed by atoms with van der Waals surface area (Å²) in [4.78, 5) is 25.9. The minimum absolute atomic E-state index is 0.0370. The Balaban J connectivity index is 1.78. The minimum atomic E-state index is -0.922. The third kappa shape index (κ3) is 3.29. The highest BCUT2D eigenvalue weighted by Gasteiger charge is 2.28. The van der Waals surface area contributed by atoms with Gasteiger partial charge in [-0.1, -0.05) is 12.1 Å². The van der Waals surface area contributed by atoms with Crippen LogP contribution in [0.2, 0.25) is 0 Å². The number of hydrogen-bond donors (Lipinski definition) is 1. The molecule has 3 rings (SSSR count). The van der Waals surface area contributed by atoms with Crippen LogP contribution in [-0.2, 0) is 7.05 Å². The first kappa shape index (κ1) is 17.2. The normalized spacial score (nSPS) is 17.6. The molecule has 6 heteroatoms. The van der Waals surface area contributed by atoms with E-state index in [0.29, 0.717) is 12.1 Å². The summed E-state index contributed by atoms with van der Waals surface area (Å²) in [6, 6.07) is 6.99. The van der Waals surface area contributed by atoms with E-state index >= 15 is 0 Å². The van der Waals surface area contributed by atoms with Gasteiger partial charge in [-0.05, 0) is 44.4 Å². The Morgan fingerprint density at radius 3 is 2.44 bits per heavy atom. The van der Waals surface area contributed by atoms with Crippen LogP contribution in [0.15, 0.2) is 24.3 Å². The Hall–Kier alpha value is -2.63. The molecule has 1 aromatic carbocycles. The Bertz CT molecular complexity index is 808. The lowest BCUT2D eigenvalue weighted by Gasteiger charge is -2.33. The lowest BCUT2D eigenvalue weighted by molar-refractivity contribution is 0.0693. The van der Waals surface area contributed by atoms with Crippen molar-refractivity contribution in [3.63, 3.8) is 0 Å². The van der Waals surface area contributed by atoms with E-state index in [0.717, 1.165) is 36.3 Å². The summed E-state index contributed by atoms with van der Waals surface area (Å²) in [6.07, 6.45) is 1.94. The van der Waals surface area contributed by atoms with Crippen LogP contribution in [0.5, 0.6) is 0 Å². The quantitative estimate of drug-likeness (QED) is 0.931. The van der Waals surface area contributed by atoms with Crippen molar-refractivity contribution in [2.45, 2.75) is 32.6 Å². The average molecular weight is 341 g/mol. The molecule has 6 nitrogen and oxygen atoms in total. The molecule has 0 saturated carbocycles. The number of rotatable bonds is 3. The molecule has 0 spiro atoms. The Morgan fingerprint density at radius 1 is 1.20 bits per heavy atom. The van der Waals surface area contributed by atoms with E-state index in [1.165, 1.54) is 0 Å². The predicted molar refractivity (Wildman–Crippen MR) is 94.0 cm³/mol. The summed E-state index contributed by atoms with van der Waals surface area (Å²) < 4.78 is 1.74. The fraction of sp³-hybridized carbons (Fsp3) is 0.421. The van der Waals surface area contributed by atoms with Gasteiger partial charge in [-0.25, -0.2) is 4.79 Å². The minimum Gasteiger partial charge on any atom is -0.478 e. The van der Waals surface area contributed by atoms with E-state index in [2.05, 4.69) is 5.10 Å². The molecule has 2 aromatic rings. The van der Waals surface area contributed by atoms with E-state index in [9.17, 15) is 9.59 Å². The highest BCUT2D eigenvalue weighted by Crippen LogP contribution is 2.28. The number of carbonyl (C=O) groups excluding carboxylic acids is 1. The van der Waals surface area contributed by atoms with Crippen LogP contribution in [0.25, 0.3) is 0 Å². The maximum absolute atomic E-state index is 13.0. The fourth-order valence-electron chi connectivity index (χ4n) is 3.57. The first-order valence-electron chi connectivity index (χ1n) is 8.51. The van der Waals surface area contributed by atoms with Gasteiger partial charge in [0.25, 0.3) is 5.91 Å². The molecule has 0 bridgehead atoms. The third-order valence-electron chi connectivity index (χ3n) is 5.06. The highest BCUT2D eigenvalue weighted by molar-refractivity contribution is 5.96. The number of hydrogen-bond acceptors (Lipinski definition) is 3. The Kier molecular flexibility index (Phi) is 4.61. The van der Waals surface area contributed by atoms with Crippen LogP contribution in [-0.4, -0.2) is 44.8 Å². The van der Waals surface area contributed by atoms with Gasteiger partial charge in [0.2, 0.25) is 0 Å². The van der Waals surface area contributed by atoms with Crippen LogP contribution in [0.3, 0.4) is 0 Å². The van der Waals surface area contributed by atoms with Gasteiger partial charge in [0.15, 0.2) is 0 Å². The monoisotopic (exact) mass is 341 g/mol. The second kappa shape index (κ2) is 6.70. The molecule has 1 atom stereocenters. The molecule has 25 heavy (non-hydrogen) atoms. The molecular weight excluding hydrogens is 318 g/mol. The fourth-order valence-corrected chi connectivity index (χ4v) is 3.57. The van der Waals surface area contributed by atoms with Crippen LogP contribution < -0.4 is 0 Å². The van der Waals surface area contributed by atoms with Gasteiger partial charge in [-0.2, -0.15) is 5.10 Å². The van der Waals surface area contributed by atoms with Gasteiger partial charge in [0.1, 0.15) is 0 Å². The summed E-state index contributed by atoms with van der Waals surface area (Å²) in [7, 11) is 1.85. The number of carboxylic acid groups (broad SMARTS) is 1. The highest BCUT2D eigenvalue weighted by atomic mass is 16.4. The number of piperidine rings is 1. The lowest BCUT2D eigenvalue weighted by Crippen LogP contribution is -2.39. The zero-order valence-corrected chi connectivity index (χ0v) is 14.8. The van der Waals surface area contributed by atoms with E-state index in [1.54, 1.807) is 16.8 Å². The summed E-state index contributed by atoms with van der Waals surface area (Å²) in [5.74, 6) is -0.651. The molecule has 1 fully saturated rings. The van der Waals surface area contributed by atoms with Crippen molar-refractivity contribution in [2.24, 2.45) is 7.05 Å². The molecule has 1 aliphatic heterocycles. The van der Waals surface area contributed by atoms with Crippen molar-refractivity contribution in [1.82, 2.24) is 14.7 Å². The second-order valence-electron chi connectivity index (χ2n) is 6.69. The smallest absolute Gasteiger partial charge is 0.335 e. The molecular formula is C19H23N3O3. The van der Waals surface area contributed by atoms with Crippen molar-refractivity contribution in [3.05, 3.63) is 52.3 Å². The molecule has 1 amide bonds. The summed E-state index contributed by atoms with van der Waals surface area (Å²) >= 11 is 0. The first-order chi connectivity index (χ1) is 11.9. The lowest BCUT2D eigenvalue weighted by atomic mass is 9.89. The van der Waals surface area contributed by atoms with E-state index in [1.807, 2.05) is 37.9 Å². The van der Waals surface area contributed by atoms with E-state index < -0.39 is 5.97 Å². The third-order valence-corrected chi connectivity index (χ3v) is 5.06. The van der Waals surface area contributed by atoms with Crippen LogP contribution >= 0.6 is 0 Å². The number of nitrogens with zero attached hydrogens (tertiary/aromatic N) is 3. The predicted octanol–water partition coefficient (Wildman–Crippen LogP) is 2.75. The van der Waals surface area contributed by atoms with E-state index in [4.69, 9.17) is 5.11 Å². The number of carbonyl (C=O) groups is 2. The van der Waals surface area contributed by atoms with Crippen molar-refractivity contribution in [2.75, 3.05) is 13.1 Å². The molecule has 0 unspecified atom stereocenters. The molecule has 0 aliphatic carbocycles. The summed E-state index contributed by atoms with van der Waals surface area (Å²) in [5.41, 5.74) is 3.72. The number of amides is 1. The maximum Gasteiger partial charge on any atom is 0.335 e. The van der Waals surface area contributed by atoms with Gasteiger partial charge in [-0.15, -0.1) is 0 Å². The summed E-state index contributed by atoms with van der Waals surface area (Å²) in [5, 5.41) is 13.4. The molecule has 1 aromatic heterocycles. The standard InChI is InChI=1S/C19H23N3O3/c1-12-17(13(2)21(3)20-12)18(23)22-10-4-5-16(11-22)14-6-8-15(9-7-14)19(24)25/h6-9,16H,4-5,10-11H2,1-3H3,(H,24,25)/t16-/m0/s1. The Morgan fingerprint density at radius 2 is 1.88 bits per heavy atom. The van der Waals surface area contributed by atoms with Gasteiger partial charge in [0, 0.05) is 31.7 Å². The number of aromatic nitrogens is 2. The van der Waals surface area contributed by atoms with Gasteiger partial charge >= 0.3 is 5.97 Å². The second-order valence-corrected chi connectivity index (χ2v) is 6.69. The number of aryl methyl sites for hydroxylation is 2. The van der Waals surface area contributed by atoms with Crippen LogP contribution in [0.4, 0.5) is 0 Å². The van der Waals surface area contributed by atoms with Gasteiger partial charge < -0.3 is 10.0 Å². The van der Waals surface area contributed by atoms with Crippen molar-refractivity contribution < 1.29 is 14.7 Å². The number of carboxylic acids is 1. The van der Waals surface area contributed by atoms with Crippen molar-refractivity contribution in [3.8, 4) is 0 Å². The van der Waals surface area contributed by atoms with Crippen molar-refractivity contribution >= 4 is 11.9 Å². The number of aromatic carboxylic acids is 1. The number of likely N-dealkylation sites (tertiary alicyclic amines) is 1. The summed E-state index contributed by atoms with van der Waals surface area (Å²) in [6.45, 7) is 5.18. The molecule has 2 heterocycles. The topological polar surface area (TPSA) is 75.4 Å². The Labute approximate surface area is 147 Å². The van der Waals surface area contributed by atoms with Crippen LogP contribution in [0, 0.1) is 13.8 Å². The zero-order valence-electron chi connectivity index (χ0n) is 14.8. The SMILES string of the molecule is Cc1nn(C)c(C)c1C(=O)N1CCC[C@H](c2ccc(C(=O)O)cc2)C1. The number of benzene rings is 1. The molecule has 132 valence electrons. The van der Waals surface area contributed by atoms with Gasteiger partial charge in [0.05, 0.1) is 16.8 Å².